The van der Waals surface area contributed by atoms with Gasteiger partial charge in [-0.15, -0.1) is 0 Å². The Morgan fingerprint density at radius 2 is 1.93 bits per heavy atom. The van der Waals surface area contributed by atoms with Crippen LogP contribution in [0.15, 0.2) is 58.4 Å². The SMILES string of the molecule is CCCn1nc(C(=O)N/N=C(\C)c2cccc(OC)c2)c2ccccc2c1=O. The first-order valence-corrected chi connectivity index (χ1v) is 9.04. The van der Waals surface area contributed by atoms with E-state index in [0.717, 1.165) is 12.0 Å². The van der Waals surface area contributed by atoms with Crippen LogP contribution in [0, 0.1) is 0 Å². The van der Waals surface area contributed by atoms with Crippen molar-refractivity contribution in [2.75, 3.05) is 7.11 Å². The lowest BCUT2D eigenvalue weighted by molar-refractivity contribution is 0.0949. The van der Waals surface area contributed by atoms with Gasteiger partial charge in [-0.2, -0.15) is 10.2 Å². The molecule has 1 N–H and O–H groups in total. The van der Waals surface area contributed by atoms with Crippen molar-refractivity contribution in [1.29, 1.82) is 0 Å². The van der Waals surface area contributed by atoms with Gasteiger partial charge in [0.05, 0.1) is 18.2 Å². The maximum atomic E-state index is 12.8. The summed E-state index contributed by atoms with van der Waals surface area (Å²) in [7, 11) is 1.59. The Bertz CT molecular complexity index is 1100. The number of nitrogens with one attached hydrogen (secondary N) is 1. The number of nitrogens with zero attached hydrogens (tertiary/aromatic N) is 3. The van der Waals surface area contributed by atoms with E-state index in [0.29, 0.717) is 28.8 Å². The molecule has 0 aliphatic carbocycles. The Labute approximate surface area is 162 Å². The second kappa shape index (κ2) is 8.47. The first kappa shape index (κ1) is 19.3. The number of methoxy groups -OCH3 is 1. The zero-order valence-corrected chi connectivity index (χ0v) is 16.1. The van der Waals surface area contributed by atoms with E-state index in [1.807, 2.05) is 31.2 Å². The van der Waals surface area contributed by atoms with Gasteiger partial charge in [-0.3, -0.25) is 9.59 Å². The maximum absolute atomic E-state index is 12.8. The molecule has 0 aliphatic heterocycles. The number of rotatable bonds is 6. The lowest BCUT2D eigenvalue weighted by Crippen LogP contribution is -2.29. The molecule has 2 aromatic carbocycles. The smallest absolute Gasteiger partial charge is 0.292 e. The summed E-state index contributed by atoms with van der Waals surface area (Å²) >= 11 is 0. The molecule has 0 atom stereocenters. The maximum Gasteiger partial charge on any atom is 0.292 e. The van der Waals surface area contributed by atoms with E-state index in [2.05, 4.69) is 15.6 Å². The highest BCUT2D eigenvalue weighted by Crippen LogP contribution is 2.15. The highest BCUT2D eigenvalue weighted by molar-refractivity contribution is 6.06. The highest BCUT2D eigenvalue weighted by atomic mass is 16.5. The van der Waals surface area contributed by atoms with E-state index in [1.165, 1.54) is 4.68 Å². The predicted octanol–water partition coefficient (Wildman–Crippen LogP) is 2.97. The topological polar surface area (TPSA) is 85.6 Å². The van der Waals surface area contributed by atoms with E-state index in [-0.39, 0.29) is 11.3 Å². The van der Waals surface area contributed by atoms with Gasteiger partial charge in [-0.25, -0.2) is 10.1 Å². The molecule has 1 aromatic heterocycles. The summed E-state index contributed by atoms with van der Waals surface area (Å²) in [6.45, 7) is 4.18. The summed E-state index contributed by atoms with van der Waals surface area (Å²) in [6.07, 6.45) is 0.736. The Morgan fingerprint density at radius 1 is 1.18 bits per heavy atom. The number of carbonyl (C=O) groups excluding carboxylic acids is 1. The van der Waals surface area contributed by atoms with Crippen LogP contribution in [-0.2, 0) is 6.54 Å². The molecule has 0 fully saturated rings. The van der Waals surface area contributed by atoms with Crippen LogP contribution in [0.3, 0.4) is 0 Å². The Kier molecular flexibility index (Phi) is 5.84. The van der Waals surface area contributed by atoms with Crippen LogP contribution in [0.4, 0.5) is 0 Å². The van der Waals surface area contributed by atoms with E-state index in [1.54, 1.807) is 38.3 Å². The average Bonchev–Trinajstić information content (AvgIpc) is 2.74. The Morgan fingerprint density at radius 3 is 2.64 bits per heavy atom. The molecule has 28 heavy (non-hydrogen) atoms. The van der Waals surface area contributed by atoms with E-state index in [4.69, 9.17) is 4.74 Å². The molecule has 7 heteroatoms. The number of fused-ring (bicyclic) bond motifs is 1. The fourth-order valence-electron chi connectivity index (χ4n) is 2.87. The number of aromatic nitrogens is 2. The Balaban J connectivity index is 1.95. The molecule has 144 valence electrons. The highest BCUT2D eigenvalue weighted by Gasteiger charge is 2.16. The minimum atomic E-state index is -0.469. The zero-order chi connectivity index (χ0) is 20.1. The van der Waals surface area contributed by atoms with Crippen molar-refractivity contribution in [1.82, 2.24) is 15.2 Å². The van der Waals surface area contributed by atoms with Gasteiger partial charge in [-0.05, 0) is 31.5 Å². The number of carbonyl (C=O) groups is 1. The van der Waals surface area contributed by atoms with Gasteiger partial charge in [0.25, 0.3) is 11.5 Å². The van der Waals surface area contributed by atoms with Crippen molar-refractivity contribution in [2.24, 2.45) is 5.10 Å². The van der Waals surface area contributed by atoms with Gasteiger partial charge in [-0.1, -0.05) is 37.3 Å². The summed E-state index contributed by atoms with van der Waals surface area (Å²) in [5.41, 5.74) is 3.97. The molecule has 0 aliphatic rings. The number of benzene rings is 2. The summed E-state index contributed by atoms with van der Waals surface area (Å²) in [5.74, 6) is 0.237. The van der Waals surface area contributed by atoms with Crippen LogP contribution in [0.2, 0.25) is 0 Å². The molecule has 0 radical (unpaired) electrons. The number of amides is 1. The lowest BCUT2D eigenvalue weighted by atomic mass is 10.1. The van der Waals surface area contributed by atoms with Gasteiger partial charge in [0.1, 0.15) is 5.75 Å². The number of ether oxygens (including phenoxy) is 1. The van der Waals surface area contributed by atoms with Gasteiger partial charge >= 0.3 is 0 Å². The molecule has 0 bridgehead atoms. The summed E-state index contributed by atoms with van der Waals surface area (Å²) < 4.78 is 6.54. The second-order valence-electron chi connectivity index (χ2n) is 6.29. The van der Waals surface area contributed by atoms with Crippen LogP contribution < -0.4 is 15.7 Å². The molecule has 1 amide bonds. The van der Waals surface area contributed by atoms with Crippen molar-refractivity contribution in [3.8, 4) is 5.75 Å². The largest absolute Gasteiger partial charge is 0.497 e. The molecule has 3 rings (SSSR count). The van der Waals surface area contributed by atoms with E-state index < -0.39 is 5.91 Å². The van der Waals surface area contributed by atoms with Crippen molar-refractivity contribution >= 4 is 22.4 Å². The van der Waals surface area contributed by atoms with Gasteiger partial charge in [0.15, 0.2) is 5.69 Å². The van der Waals surface area contributed by atoms with Crippen molar-refractivity contribution in [2.45, 2.75) is 26.8 Å². The quantitative estimate of drug-likeness (QED) is 0.528. The van der Waals surface area contributed by atoms with Crippen LogP contribution in [-0.4, -0.2) is 28.5 Å². The molecule has 0 spiro atoms. The molecular weight excluding hydrogens is 356 g/mol. The normalized spacial score (nSPS) is 11.5. The molecule has 3 aromatic rings. The molecule has 0 unspecified atom stereocenters. The predicted molar refractivity (Wildman–Crippen MR) is 109 cm³/mol. The van der Waals surface area contributed by atoms with Crippen molar-refractivity contribution < 1.29 is 9.53 Å². The first-order valence-electron chi connectivity index (χ1n) is 9.04. The van der Waals surface area contributed by atoms with Crippen LogP contribution in [0.25, 0.3) is 10.8 Å². The minimum Gasteiger partial charge on any atom is -0.497 e. The number of hydrazone groups is 1. The third kappa shape index (κ3) is 3.93. The fourth-order valence-corrected chi connectivity index (χ4v) is 2.87. The van der Waals surface area contributed by atoms with Crippen LogP contribution in [0.5, 0.6) is 5.75 Å². The van der Waals surface area contributed by atoms with Gasteiger partial charge < -0.3 is 4.74 Å². The fraction of sp³-hybridized carbons (Fsp3) is 0.238. The molecule has 0 saturated carbocycles. The van der Waals surface area contributed by atoms with Gasteiger partial charge in [0.2, 0.25) is 0 Å². The van der Waals surface area contributed by atoms with Crippen molar-refractivity contribution in [3.05, 3.63) is 70.1 Å². The third-order valence-electron chi connectivity index (χ3n) is 4.33. The Hall–Kier alpha value is -3.48. The summed E-state index contributed by atoms with van der Waals surface area (Å²) in [6, 6.07) is 14.4. The monoisotopic (exact) mass is 378 g/mol. The number of hydrogen-bond acceptors (Lipinski definition) is 5. The summed E-state index contributed by atoms with van der Waals surface area (Å²) in [5, 5.41) is 9.42. The van der Waals surface area contributed by atoms with E-state index >= 15 is 0 Å². The molecule has 7 nitrogen and oxygen atoms in total. The number of aryl methyl sites for hydroxylation is 1. The molecule has 1 heterocycles. The molecular formula is C21H22N4O3. The summed E-state index contributed by atoms with van der Waals surface area (Å²) in [4.78, 5) is 25.3. The van der Waals surface area contributed by atoms with Crippen molar-refractivity contribution in [3.63, 3.8) is 0 Å². The van der Waals surface area contributed by atoms with Gasteiger partial charge in [0, 0.05) is 17.5 Å². The number of hydrogen-bond donors (Lipinski definition) is 1. The van der Waals surface area contributed by atoms with E-state index in [9.17, 15) is 9.59 Å². The standard InChI is InChI=1S/C21H22N4O3/c1-4-12-25-21(27)18-11-6-5-10-17(18)19(24-25)20(26)23-22-14(2)15-8-7-9-16(13-15)28-3/h5-11,13H,4,12H2,1-3H3,(H,23,26)/b22-14+. The first-order chi connectivity index (χ1) is 13.5. The second-order valence-corrected chi connectivity index (χ2v) is 6.29. The average molecular weight is 378 g/mol. The minimum absolute atomic E-state index is 0.172. The third-order valence-corrected chi connectivity index (χ3v) is 4.33. The van der Waals surface area contributed by atoms with Crippen LogP contribution >= 0.6 is 0 Å². The van der Waals surface area contributed by atoms with Crippen LogP contribution in [0.1, 0.15) is 36.3 Å². The molecule has 0 saturated heterocycles. The lowest BCUT2D eigenvalue weighted by Gasteiger charge is -2.10. The zero-order valence-electron chi connectivity index (χ0n) is 16.1.